The highest BCUT2D eigenvalue weighted by atomic mass is 32.2. The van der Waals surface area contributed by atoms with E-state index < -0.39 is 33.8 Å². The summed E-state index contributed by atoms with van der Waals surface area (Å²) in [5, 5.41) is 9.17. The number of aliphatic carboxylic acids is 1. The van der Waals surface area contributed by atoms with Crippen molar-refractivity contribution in [1.82, 2.24) is 4.31 Å². The van der Waals surface area contributed by atoms with Crippen molar-refractivity contribution in [2.24, 2.45) is 5.92 Å². The normalized spacial score (nSPS) is 24.0. The summed E-state index contributed by atoms with van der Waals surface area (Å²) >= 11 is 0. The predicted octanol–water partition coefficient (Wildman–Crippen LogP) is 2.01. The van der Waals surface area contributed by atoms with Crippen LogP contribution in [0.1, 0.15) is 25.3 Å². The van der Waals surface area contributed by atoms with Crippen LogP contribution < -0.4 is 0 Å². The number of carbonyl (C=O) groups is 1. The molecule has 1 fully saturated rings. The lowest BCUT2D eigenvalue weighted by atomic mass is 9.92. The maximum Gasteiger partial charge on any atom is 0.308 e. The van der Waals surface area contributed by atoms with Gasteiger partial charge < -0.3 is 5.11 Å². The second kappa shape index (κ2) is 5.73. The Morgan fingerprint density at radius 1 is 1.38 bits per heavy atom. The molecule has 1 aromatic rings. The fraction of sp³-hybridized carbons (Fsp3) is 0.500. The van der Waals surface area contributed by atoms with Gasteiger partial charge in [-0.25, -0.2) is 12.8 Å². The molecule has 0 unspecified atom stereocenters. The highest BCUT2D eigenvalue weighted by molar-refractivity contribution is 7.89. The van der Waals surface area contributed by atoms with Crippen molar-refractivity contribution in [1.29, 1.82) is 0 Å². The van der Waals surface area contributed by atoms with Gasteiger partial charge in [-0.1, -0.05) is 0 Å². The Morgan fingerprint density at radius 2 is 2.05 bits per heavy atom. The van der Waals surface area contributed by atoms with E-state index in [9.17, 15) is 17.6 Å². The molecule has 2 atom stereocenters. The van der Waals surface area contributed by atoms with E-state index in [4.69, 9.17) is 5.11 Å². The van der Waals surface area contributed by atoms with Gasteiger partial charge in [-0.3, -0.25) is 4.79 Å². The molecule has 7 heteroatoms. The van der Waals surface area contributed by atoms with E-state index in [-0.39, 0.29) is 11.4 Å². The van der Waals surface area contributed by atoms with Crippen molar-refractivity contribution in [2.75, 3.05) is 6.54 Å². The summed E-state index contributed by atoms with van der Waals surface area (Å²) in [5.41, 5.74) is 0.507. The van der Waals surface area contributed by atoms with Crippen molar-refractivity contribution in [2.45, 2.75) is 37.6 Å². The summed E-state index contributed by atoms with van der Waals surface area (Å²) in [7, 11) is -3.89. The van der Waals surface area contributed by atoms with Gasteiger partial charge in [-0.2, -0.15) is 4.31 Å². The second-order valence-corrected chi connectivity index (χ2v) is 7.30. The molecular formula is C14H18FNO4S. The highest BCUT2D eigenvalue weighted by Gasteiger charge is 2.39. The Morgan fingerprint density at radius 3 is 2.62 bits per heavy atom. The van der Waals surface area contributed by atoms with E-state index in [2.05, 4.69) is 0 Å². The van der Waals surface area contributed by atoms with Crippen LogP contribution in [0.2, 0.25) is 0 Å². The maximum atomic E-state index is 13.5. The number of aryl methyl sites for hydroxylation is 1. The second-order valence-electron chi connectivity index (χ2n) is 5.41. The Kier molecular flexibility index (Phi) is 4.34. The molecule has 0 aliphatic carbocycles. The first-order valence-corrected chi connectivity index (χ1v) is 8.19. The molecule has 1 aliphatic rings. The molecule has 0 spiro atoms. The number of rotatable bonds is 3. The average Bonchev–Trinajstić information content (AvgIpc) is 2.37. The van der Waals surface area contributed by atoms with E-state index >= 15 is 0 Å². The average molecular weight is 315 g/mol. The minimum absolute atomic E-state index is 0.127. The predicted molar refractivity (Wildman–Crippen MR) is 74.9 cm³/mol. The molecule has 1 N–H and O–H groups in total. The minimum Gasteiger partial charge on any atom is -0.481 e. The lowest BCUT2D eigenvalue weighted by Crippen LogP contribution is -2.49. The molecule has 116 valence electrons. The van der Waals surface area contributed by atoms with E-state index in [0.717, 1.165) is 6.07 Å². The Hall–Kier alpha value is -1.47. The van der Waals surface area contributed by atoms with Gasteiger partial charge in [0.05, 0.1) is 10.8 Å². The quantitative estimate of drug-likeness (QED) is 0.926. The fourth-order valence-corrected chi connectivity index (χ4v) is 4.59. The number of carboxylic acid groups (broad SMARTS) is 1. The van der Waals surface area contributed by atoms with Crippen LogP contribution in [0.15, 0.2) is 23.1 Å². The largest absolute Gasteiger partial charge is 0.481 e. The number of carboxylic acids is 1. The van der Waals surface area contributed by atoms with Crippen LogP contribution >= 0.6 is 0 Å². The zero-order chi connectivity index (χ0) is 15.8. The first kappa shape index (κ1) is 15.9. The van der Waals surface area contributed by atoms with Crippen LogP contribution in [0.3, 0.4) is 0 Å². The number of nitrogens with zero attached hydrogens (tertiary/aromatic N) is 1. The van der Waals surface area contributed by atoms with Gasteiger partial charge in [-0.05, 0) is 50.5 Å². The lowest BCUT2D eigenvalue weighted by molar-refractivity contribution is -0.144. The molecular weight excluding hydrogens is 297 g/mol. The Balaban J connectivity index is 2.40. The van der Waals surface area contributed by atoms with Gasteiger partial charge in [-0.15, -0.1) is 0 Å². The smallest absolute Gasteiger partial charge is 0.308 e. The third-order valence-corrected chi connectivity index (χ3v) is 5.83. The number of sulfonamides is 1. The topological polar surface area (TPSA) is 74.7 Å². The van der Waals surface area contributed by atoms with Gasteiger partial charge in [0.25, 0.3) is 0 Å². The monoisotopic (exact) mass is 315 g/mol. The van der Waals surface area contributed by atoms with Crippen molar-refractivity contribution in [3.63, 3.8) is 0 Å². The van der Waals surface area contributed by atoms with Crippen LogP contribution in [0, 0.1) is 18.7 Å². The molecule has 0 radical (unpaired) electrons. The number of hydrogen-bond acceptors (Lipinski definition) is 3. The van der Waals surface area contributed by atoms with Gasteiger partial charge >= 0.3 is 5.97 Å². The Bertz CT molecular complexity index is 639. The number of benzene rings is 1. The van der Waals surface area contributed by atoms with E-state index in [1.165, 1.54) is 16.4 Å². The van der Waals surface area contributed by atoms with Crippen molar-refractivity contribution < 1.29 is 22.7 Å². The molecule has 1 aliphatic heterocycles. The standard InChI is InChI=1S/C14H18FNO4S/c1-9-6-11(15)8-12(7-9)21(19,20)16-5-3-4-13(10(16)2)14(17)18/h6-8,10,13H,3-5H2,1-2H3,(H,17,18)/t10-,13-/m1/s1. The summed E-state index contributed by atoms with van der Waals surface area (Å²) in [5.74, 6) is -2.35. The van der Waals surface area contributed by atoms with Crippen LogP contribution in [0.25, 0.3) is 0 Å². The minimum atomic E-state index is -3.89. The Labute approximate surface area is 123 Å². The zero-order valence-corrected chi connectivity index (χ0v) is 12.7. The maximum absolute atomic E-state index is 13.5. The molecule has 1 heterocycles. The molecule has 0 bridgehead atoms. The first-order chi connectivity index (χ1) is 9.73. The summed E-state index contributed by atoms with van der Waals surface area (Å²) in [6.45, 7) is 3.45. The molecule has 0 saturated carbocycles. The van der Waals surface area contributed by atoms with Gasteiger partial charge in [0.2, 0.25) is 10.0 Å². The molecule has 0 amide bonds. The summed E-state index contributed by atoms with van der Waals surface area (Å²) < 4.78 is 39.9. The van der Waals surface area contributed by atoms with E-state index in [1.54, 1.807) is 13.8 Å². The third kappa shape index (κ3) is 3.08. The SMILES string of the molecule is Cc1cc(F)cc(S(=O)(=O)N2CCC[C@@H](C(=O)O)[C@H]2C)c1. The molecule has 0 aromatic heterocycles. The molecule has 1 aromatic carbocycles. The molecule has 5 nitrogen and oxygen atoms in total. The number of hydrogen-bond donors (Lipinski definition) is 1. The zero-order valence-electron chi connectivity index (χ0n) is 11.9. The summed E-state index contributed by atoms with van der Waals surface area (Å²) in [6.07, 6.45) is 0.930. The fourth-order valence-electron chi connectivity index (χ4n) is 2.77. The highest BCUT2D eigenvalue weighted by Crippen LogP contribution is 2.29. The van der Waals surface area contributed by atoms with Crippen molar-refractivity contribution >= 4 is 16.0 Å². The first-order valence-electron chi connectivity index (χ1n) is 6.75. The summed E-state index contributed by atoms with van der Waals surface area (Å²) in [6, 6.07) is 2.97. The number of halogens is 1. The molecule has 2 rings (SSSR count). The van der Waals surface area contributed by atoms with Crippen LogP contribution in [-0.4, -0.2) is 36.4 Å². The molecule has 21 heavy (non-hydrogen) atoms. The van der Waals surface area contributed by atoms with Crippen molar-refractivity contribution in [3.8, 4) is 0 Å². The third-order valence-electron chi connectivity index (χ3n) is 3.87. The van der Waals surface area contributed by atoms with Crippen LogP contribution in [0.5, 0.6) is 0 Å². The van der Waals surface area contributed by atoms with E-state index in [0.29, 0.717) is 18.4 Å². The molecule has 1 saturated heterocycles. The van der Waals surface area contributed by atoms with Crippen molar-refractivity contribution in [3.05, 3.63) is 29.6 Å². The summed E-state index contributed by atoms with van der Waals surface area (Å²) in [4.78, 5) is 11.1. The van der Waals surface area contributed by atoms with Gasteiger partial charge in [0.15, 0.2) is 0 Å². The van der Waals surface area contributed by atoms with Crippen LogP contribution in [0.4, 0.5) is 4.39 Å². The van der Waals surface area contributed by atoms with E-state index in [1.807, 2.05) is 0 Å². The lowest BCUT2D eigenvalue weighted by Gasteiger charge is -2.36. The number of piperidine rings is 1. The van der Waals surface area contributed by atoms with Gasteiger partial charge in [0, 0.05) is 12.6 Å². The van der Waals surface area contributed by atoms with Crippen LogP contribution in [-0.2, 0) is 14.8 Å². The van der Waals surface area contributed by atoms with Gasteiger partial charge in [0.1, 0.15) is 5.82 Å².